The van der Waals surface area contributed by atoms with E-state index >= 15 is 0 Å². The van der Waals surface area contributed by atoms with Crippen LogP contribution < -0.4 is 104 Å². The third kappa shape index (κ3) is 48.9. The topological polar surface area (TPSA) is 69.2 Å². The first-order valence-corrected chi connectivity index (χ1v) is 0.707. The van der Waals surface area contributed by atoms with Gasteiger partial charge in [-0.15, -0.1) is 0 Å². The van der Waals surface area contributed by atoms with Crippen molar-refractivity contribution in [2.24, 2.45) is 0 Å². The van der Waals surface area contributed by atoms with Crippen molar-refractivity contribution in [3.05, 3.63) is 0 Å². The Balaban J connectivity index is -0.00000000750. The van der Waals surface area contributed by atoms with Crippen molar-refractivity contribution >= 4 is 7.32 Å². The van der Waals surface area contributed by atoms with E-state index in [0.717, 1.165) is 0 Å². The molecule has 0 N–H and O–H groups in total. The van der Waals surface area contributed by atoms with Crippen LogP contribution in [0.2, 0.25) is 0 Å². The Labute approximate surface area is 145 Å². The fourth-order valence-electron chi connectivity index (χ4n) is 0. The molecule has 3 nitrogen and oxygen atoms in total. The molecule has 0 saturated heterocycles. The average molecular weight is 168 g/mol. The molecular formula is ArBNa3O3. The van der Waals surface area contributed by atoms with Gasteiger partial charge in [0.15, 0.2) is 0 Å². The van der Waals surface area contributed by atoms with Gasteiger partial charge in [0.1, 0.15) is 0 Å². The summed E-state index contributed by atoms with van der Waals surface area (Å²) in [6, 6.07) is 0. The number of rotatable bonds is 0. The van der Waals surface area contributed by atoms with Gasteiger partial charge in [0.05, 0.1) is 0 Å². The number of hydrogen-bond donors (Lipinski definition) is 0. The maximum absolute atomic E-state index is 8.42. The Kier molecular flexibility index (Phi) is 82.9. The predicted molar refractivity (Wildman–Crippen MR) is 5.75 cm³/mol. The van der Waals surface area contributed by atoms with Gasteiger partial charge < -0.3 is 15.1 Å². The summed E-state index contributed by atoms with van der Waals surface area (Å²) in [5, 5.41) is 25.2. The number of hydrogen-bond acceptors (Lipinski definition) is 3. The van der Waals surface area contributed by atoms with Crippen LogP contribution in [-0.2, 0) is 0 Å². The van der Waals surface area contributed by atoms with E-state index in [1.165, 1.54) is 0 Å². The smallest absolute Gasteiger partial charge is 0.907 e. The standard InChI is InChI=1S/Ar.BO3.3Na/c;2-1(3)4;;;/q;-3;3*+1. The minimum Gasteiger partial charge on any atom is -0.907 e. The maximum Gasteiger partial charge on any atom is 1.00 e. The summed E-state index contributed by atoms with van der Waals surface area (Å²) in [5.41, 5.74) is 0. The molecule has 0 heterocycles. The summed E-state index contributed by atoms with van der Waals surface area (Å²) in [6.07, 6.45) is 0. The van der Waals surface area contributed by atoms with Gasteiger partial charge in [-0.1, -0.05) is 0 Å². The molecular weight excluding hydrogens is 168 g/mol. The molecule has 0 fully saturated rings. The zero-order chi connectivity index (χ0) is 3.58. The molecule has 0 radical (unpaired) electrons. The van der Waals surface area contributed by atoms with Gasteiger partial charge in [-0.05, 0) is 0 Å². The van der Waals surface area contributed by atoms with Gasteiger partial charge in [-0.3, -0.25) is 7.32 Å². The Morgan fingerprint density at radius 2 is 0.750 bits per heavy atom. The predicted octanol–water partition coefficient (Wildman–Crippen LogP) is -12.9. The van der Waals surface area contributed by atoms with E-state index in [1.54, 1.807) is 0 Å². The molecule has 0 amide bonds. The monoisotopic (exact) mass is 168 g/mol. The first-order chi connectivity index (χ1) is 1.73. The molecule has 0 spiro atoms. The van der Waals surface area contributed by atoms with Gasteiger partial charge in [0, 0.05) is 37.7 Å². The van der Waals surface area contributed by atoms with Crippen LogP contribution in [0, 0.1) is 37.7 Å². The molecule has 8 heteroatoms. The van der Waals surface area contributed by atoms with E-state index in [1.807, 2.05) is 0 Å². The molecule has 0 aliphatic carbocycles. The quantitative estimate of drug-likeness (QED) is 0.337. The molecule has 0 aliphatic heterocycles. The zero-order valence-electron chi connectivity index (χ0n) is 5.16. The van der Waals surface area contributed by atoms with Crippen LogP contribution in [0.15, 0.2) is 0 Å². The van der Waals surface area contributed by atoms with Crippen LogP contribution in [0.1, 0.15) is 0 Å². The third-order valence-electron chi connectivity index (χ3n) is 0. The van der Waals surface area contributed by atoms with Crippen molar-refractivity contribution in [3.8, 4) is 0 Å². The first kappa shape index (κ1) is 29.5. The van der Waals surface area contributed by atoms with Gasteiger partial charge >= 0.3 is 88.7 Å². The maximum atomic E-state index is 8.42. The van der Waals surface area contributed by atoms with Gasteiger partial charge in [-0.2, -0.15) is 0 Å². The fourth-order valence-corrected chi connectivity index (χ4v) is 0. The normalized spacial score (nSPS) is 3.38. The molecule has 0 aromatic rings. The van der Waals surface area contributed by atoms with Gasteiger partial charge in [-0.25, -0.2) is 0 Å². The van der Waals surface area contributed by atoms with Gasteiger partial charge in [0.25, 0.3) is 0 Å². The molecule has 8 heavy (non-hydrogen) atoms. The summed E-state index contributed by atoms with van der Waals surface area (Å²) in [6.45, 7) is 0. The SMILES string of the molecule is [Ar].[Na+].[Na+].[Na+].[O-]B([O-])[O-]. The van der Waals surface area contributed by atoms with Crippen molar-refractivity contribution in [2.75, 3.05) is 0 Å². The molecule has 32 valence electrons. The molecule has 0 atom stereocenters. The minimum atomic E-state index is -2.92. The van der Waals surface area contributed by atoms with E-state index in [0.29, 0.717) is 0 Å². The van der Waals surface area contributed by atoms with Crippen molar-refractivity contribution in [1.29, 1.82) is 0 Å². The fraction of sp³-hybridized carbons (Fsp3) is 0. The second kappa shape index (κ2) is 22.5. The van der Waals surface area contributed by atoms with Crippen molar-refractivity contribution in [1.82, 2.24) is 0 Å². The summed E-state index contributed by atoms with van der Waals surface area (Å²) in [7, 11) is -2.92. The molecule has 0 bridgehead atoms. The van der Waals surface area contributed by atoms with Crippen LogP contribution in [0.4, 0.5) is 0 Å². The second-order valence-electron chi connectivity index (χ2n) is 0.289. The Hall–Kier alpha value is 4.20. The van der Waals surface area contributed by atoms with Crippen molar-refractivity contribution < 1.29 is 141 Å². The summed E-state index contributed by atoms with van der Waals surface area (Å²) < 4.78 is 0. The van der Waals surface area contributed by atoms with Gasteiger partial charge in [0.2, 0.25) is 0 Å². The van der Waals surface area contributed by atoms with Crippen LogP contribution in [0.5, 0.6) is 0 Å². The molecule has 0 saturated carbocycles. The summed E-state index contributed by atoms with van der Waals surface area (Å²) >= 11 is 0. The summed E-state index contributed by atoms with van der Waals surface area (Å²) in [4.78, 5) is 0. The summed E-state index contributed by atoms with van der Waals surface area (Å²) in [5.74, 6) is 0. The zero-order valence-corrected chi connectivity index (χ0v) is 11.9. The van der Waals surface area contributed by atoms with Crippen molar-refractivity contribution in [2.45, 2.75) is 0 Å². The van der Waals surface area contributed by atoms with Crippen molar-refractivity contribution in [3.63, 3.8) is 0 Å². The van der Waals surface area contributed by atoms with E-state index in [2.05, 4.69) is 0 Å². The van der Waals surface area contributed by atoms with E-state index in [9.17, 15) is 0 Å². The molecule has 0 aromatic heterocycles. The molecule has 0 aliphatic rings. The Morgan fingerprint density at radius 1 is 0.750 bits per heavy atom. The van der Waals surface area contributed by atoms with E-state index in [4.69, 9.17) is 15.1 Å². The van der Waals surface area contributed by atoms with Crippen LogP contribution in [0.25, 0.3) is 0 Å². The first-order valence-electron chi connectivity index (χ1n) is 0.707. The second-order valence-corrected chi connectivity index (χ2v) is 0.289. The van der Waals surface area contributed by atoms with E-state index in [-0.39, 0.29) is 126 Å². The molecule has 0 unspecified atom stereocenters. The van der Waals surface area contributed by atoms with Crippen LogP contribution >= 0.6 is 0 Å². The largest absolute Gasteiger partial charge is 1.00 e. The average Bonchev–Trinajstić information content (AvgIpc) is 0.811. The molecule has 0 rings (SSSR count). The Bertz CT molecular complexity index is 19.2. The van der Waals surface area contributed by atoms with Crippen LogP contribution in [0.3, 0.4) is 0 Å². The van der Waals surface area contributed by atoms with Crippen LogP contribution in [-0.4, -0.2) is 7.32 Å². The third-order valence-corrected chi connectivity index (χ3v) is 0. The molecule has 0 aromatic carbocycles. The Morgan fingerprint density at radius 3 is 0.750 bits per heavy atom. The minimum absolute atomic E-state index is 0. The van der Waals surface area contributed by atoms with E-state index < -0.39 is 7.32 Å².